The number of halogens is 1. The molecule has 0 aromatic heterocycles. The zero-order valence-corrected chi connectivity index (χ0v) is 9.92. The van der Waals surface area contributed by atoms with Crippen LogP contribution in [0, 0.1) is 5.92 Å². The Bertz CT molecular complexity index is 228. The normalized spacial score (nSPS) is 13.2. The van der Waals surface area contributed by atoms with Crippen molar-refractivity contribution in [2.75, 3.05) is 5.33 Å². The first-order chi connectivity index (χ1) is 6.24. The number of hydrogen-bond acceptors (Lipinski definition) is 0. The Balaban J connectivity index is 2.67. The summed E-state index contributed by atoms with van der Waals surface area (Å²) in [5.41, 5.74) is 1.45. The maximum absolute atomic E-state index is 3.58. The third-order valence-corrected chi connectivity index (χ3v) is 2.99. The highest BCUT2D eigenvalue weighted by molar-refractivity contribution is 9.09. The van der Waals surface area contributed by atoms with Crippen LogP contribution in [0.15, 0.2) is 30.3 Å². The summed E-state index contributed by atoms with van der Waals surface area (Å²) in [5, 5.41) is 1.06. The summed E-state index contributed by atoms with van der Waals surface area (Å²) in [6, 6.07) is 10.7. The zero-order valence-electron chi connectivity index (χ0n) is 8.33. The largest absolute Gasteiger partial charge is 0.0921 e. The zero-order chi connectivity index (χ0) is 9.68. The molecule has 13 heavy (non-hydrogen) atoms. The van der Waals surface area contributed by atoms with Gasteiger partial charge in [0.1, 0.15) is 0 Å². The Kier molecular flexibility index (Phi) is 4.51. The molecule has 0 saturated carbocycles. The standard InChI is InChI=1S/C12H17Br/c1-10(2)8-12(9-13)11-6-4-3-5-7-11/h3-7,10,12H,8-9H2,1-2H3. The van der Waals surface area contributed by atoms with Crippen molar-refractivity contribution < 1.29 is 0 Å². The molecule has 0 fully saturated rings. The molecule has 1 unspecified atom stereocenters. The van der Waals surface area contributed by atoms with E-state index in [4.69, 9.17) is 0 Å². The fourth-order valence-electron chi connectivity index (χ4n) is 1.58. The highest BCUT2D eigenvalue weighted by Crippen LogP contribution is 2.25. The molecular formula is C12H17Br. The van der Waals surface area contributed by atoms with Crippen LogP contribution in [0.4, 0.5) is 0 Å². The van der Waals surface area contributed by atoms with E-state index < -0.39 is 0 Å². The lowest BCUT2D eigenvalue weighted by atomic mass is 9.92. The Morgan fingerprint density at radius 3 is 2.23 bits per heavy atom. The molecule has 0 aliphatic heterocycles. The number of hydrogen-bond donors (Lipinski definition) is 0. The van der Waals surface area contributed by atoms with Crippen LogP contribution in [0.3, 0.4) is 0 Å². The molecule has 72 valence electrons. The molecule has 0 radical (unpaired) electrons. The van der Waals surface area contributed by atoms with Crippen molar-refractivity contribution in [3.8, 4) is 0 Å². The van der Waals surface area contributed by atoms with Crippen LogP contribution in [0.25, 0.3) is 0 Å². The van der Waals surface area contributed by atoms with Crippen LogP contribution in [0.1, 0.15) is 31.7 Å². The van der Waals surface area contributed by atoms with Gasteiger partial charge in [-0.2, -0.15) is 0 Å². The van der Waals surface area contributed by atoms with E-state index in [0.29, 0.717) is 5.92 Å². The van der Waals surface area contributed by atoms with Crippen molar-refractivity contribution in [1.82, 2.24) is 0 Å². The summed E-state index contributed by atoms with van der Waals surface area (Å²) in [7, 11) is 0. The first kappa shape index (κ1) is 10.8. The van der Waals surface area contributed by atoms with Gasteiger partial charge in [0.25, 0.3) is 0 Å². The second-order valence-corrected chi connectivity index (χ2v) is 4.54. The van der Waals surface area contributed by atoms with Gasteiger partial charge in [0.2, 0.25) is 0 Å². The minimum atomic E-state index is 0.668. The van der Waals surface area contributed by atoms with Crippen LogP contribution in [-0.2, 0) is 0 Å². The van der Waals surface area contributed by atoms with Crippen molar-refractivity contribution in [1.29, 1.82) is 0 Å². The highest BCUT2D eigenvalue weighted by atomic mass is 79.9. The molecule has 1 aromatic rings. The smallest absolute Gasteiger partial charge is 0.0100 e. The van der Waals surface area contributed by atoms with Gasteiger partial charge >= 0.3 is 0 Å². The molecule has 0 bridgehead atoms. The molecule has 1 aromatic carbocycles. The molecule has 0 nitrogen and oxygen atoms in total. The van der Waals surface area contributed by atoms with Crippen LogP contribution in [-0.4, -0.2) is 5.33 Å². The molecule has 0 aliphatic rings. The van der Waals surface area contributed by atoms with E-state index in [-0.39, 0.29) is 0 Å². The maximum Gasteiger partial charge on any atom is 0.0100 e. The van der Waals surface area contributed by atoms with Crippen molar-refractivity contribution >= 4 is 15.9 Å². The van der Waals surface area contributed by atoms with Crippen LogP contribution in [0.2, 0.25) is 0 Å². The van der Waals surface area contributed by atoms with E-state index in [1.165, 1.54) is 12.0 Å². The van der Waals surface area contributed by atoms with E-state index >= 15 is 0 Å². The first-order valence-electron chi connectivity index (χ1n) is 4.85. The lowest BCUT2D eigenvalue weighted by Gasteiger charge is -2.16. The summed E-state index contributed by atoms with van der Waals surface area (Å²) < 4.78 is 0. The second kappa shape index (κ2) is 5.43. The van der Waals surface area contributed by atoms with E-state index in [2.05, 4.69) is 60.1 Å². The maximum atomic E-state index is 3.58. The first-order valence-corrected chi connectivity index (χ1v) is 5.97. The SMILES string of the molecule is CC(C)CC(CBr)c1ccccc1. The van der Waals surface area contributed by atoms with E-state index in [1.54, 1.807) is 0 Å². The van der Waals surface area contributed by atoms with Crippen LogP contribution < -0.4 is 0 Å². The summed E-state index contributed by atoms with van der Waals surface area (Å²) in [6.07, 6.45) is 1.26. The van der Waals surface area contributed by atoms with Crippen molar-refractivity contribution in [2.24, 2.45) is 5.92 Å². The van der Waals surface area contributed by atoms with Gasteiger partial charge in [-0.3, -0.25) is 0 Å². The predicted octanol–water partition coefficient (Wildman–Crippen LogP) is 4.21. The van der Waals surface area contributed by atoms with Gasteiger partial charge in [0.05, 0.1) is 0 Å². The van der Waals surface area contributed by atoms with Crippen LogP contribution >= 0.6 is 15.9 Å². The lowest BCUT2D eigenvalue weighted by Crippen LogP contribution is -2.03. The van der Waals surface area contributed by atoms with Gasteiger partial charge in [-0.25, -0.2) is 0 Å². The van der Waals surface area contributed by atoms with E-state index in [1.807, 2.05) is 0 Å². The van der Waals surface area contributed by atoms with Crippen molar-refractivity contribution in [2.45, 2.75) is 26.2 Å². The summed E-state index contributed by atoms with van der Waals surface area (Å²) >= 11 is 3.58. The quantitative estimate of drug-likeness (QED) is 0.692. The minimum absolute atomic E-state index is 0.668. The number of rotatable bonds is 4. The molecule has 1 rings (SSSR count). The average molecular weight is 241 g/mol. The fourth-order valence-corrected chi connectivity index (χ4v) is 2.22. The monoisotopic (exact) mass is 240 g/mol. The molecule has 0 N–H and O–H groups in total. The third-order valence-electron chi connectivity index (χ3n) is 2.21. The summed E-state index contributed by atoms with van der Waals surface area (Å²) in [5.74, 6) is 1.43. The van der Waals surface area contributed by atoms with Gasteiger partial charge in [-0.1, -0.05) is 60.1 Å². The molecule has 1 heteroatoms. The third kappa shape index (κ3) is 3.51. The minimum Gasteiger partial charge on any atom is -0.0921 e. The number of benzene rings is 1. The van der Waals surface area contributed by atoms with Gasteiger partial charge < -0.3 is 0 Å². The molecule has 1 atom stereocenters. The molecule has 0 amide bonds. The Morgan fingerprint density at radius 2 is 1.77 bits per heavy atom. The summed E-state index contributed by atoms with van der Waals surface area (Å²) in [6.45, 7) is 4.55. The summed E-state index contributed by atoms with van der Waals surface area (Å²) in [4.78, 5) is 0. The van der Waals surface area contributed by atoms with Crippen molar-refractivity contribution in [3.63, 3.8) is 0 Å². The molecule has 0 aliphatic carbocycles. The molecule has 0 heterocycles. The van der Waals surface area contributed by atoms with E-state index in [0.717, 1.165) is 11.2 Å². The Hall–Kier alpha value is -0.300. The predicted molar refractivity (Wildman–Crippen MR) is 62.4 cm³/mol. The molecular weight excluding hydrogens is 224 g/mol. The topological polar surface area (TPSA) is 0 Å². The lowest BCUT2D eigenvalue weighted by molar-refractivity contribution is 0.529. The Morgan fingerprint density at radius 1 is 1.15 bits per heavy atom. The van der Waals surface area contributed by atoms with E-state index in [9.17, 15) is 0 Å². The van der Waals surface area contributed by atoms with Gasteiger partial charge in [0, 0.05) is 5.33 Å². The van der Waals surface area contributed by atoms with Gasteiger partial charge in [-0.05, 0) is 23.8 Å². The number of alkyl halides is 1. The van der Waals surface area contributed by atoms with Crippen LogP contribution in [0.5, 0.6) is 0 Å². The average Bonchev–Trinajstić information content (AvgIpc) is 2.15. The highest BCUT2D eigenvalue weighted by Gasteiger charge is 2.10. The van der Waals surface area contributed by atoms with Gasteiger partial charge in [0.15, 0.2) is 0 Å². The Labute approximate surface area is 89.5 Å². The molecule has 0 saturated heterocycles. The second-order valence-electron chi connectivity index (χ2n) is 3.89. The fraction of sp³-hybridized carbons (Fsp3) is 0.500. The molecule has 0 spiro atoms. The van der Waals surface area contributed by atoms with Gasteiger partial charge in [-0.15, -0.1) is 0 Å². The van der Waals surface area contributed by atoms with Crippen molar-refractivity contribution in [3.05, 3.63) is 35.9 Å².